The molecule has 1 saturated carbocycles. The number of nitrogens with one attached hydrogen (secondary N) is 1. The molecule has 0 aromatic carbocycles. The van der Waals surface area contributed by atoms with Gasteiger partial charge in [0.25, 0.3) is 5.56 Å². The Morgan fingerprint density at radius 2 is 2.00 bits per heavy atom. The molecule has 0 amide bonds. The van der Waals surface area contributed by atoms with Crippen molar-refractivity contribution in [2.75, 3.05) is 13.1 Å². The maximum atomic E-state index is 12.0. The minimum Gasteiger partial charge on any atom is -0.315 e. The van der Waals surface area contributed by atoms with Gasteiger partial charge < -0.3 is 9.88 Å². The van der Waals surface area contributed by atoms with Crippen LogP contribution in [-0.4, -0.2) is 17.7 Å². The highest BCUT2D eigenvalue weighted by Crippen LogP contribution is 2.23. The maximum absolute atomic E-state index is 12.0. The number of aromatic nitrogens is 1. The first-order valence-electron chi connectivity index (χ1n) is 7.77. The molecule has 1 N–H and O–H groups in total. The predicted octanol–water partition coefficient (Wildman–Crippen LogP) is 2.12. The Bertz CT molecular complexity index is 486. The molecule has 0 radical (unpaired) electrons. The van der Waals surface area contributed by atoms with Crippen molar-refractivity contribution in [3.8, 4) is 0 Å². The maximum Gasteiger partial charge on any atom is 0.250 e. The summed E-state index contributed by atoms with van der Waals surface area (Å²) in [5, 5.41) is 3.53. The molecule has 3 heteroatoms. The van der Waals surface area contributed by atoms with Gasteiger partial charge in [0.05, 0.1) is 0 Å². The van der Waals surface area contributed by atoms with E-state index < -0.39 is 0 Å². The fourth-order valence-electron chi connectivity index (χ4n) is 3.59. The van der Waals surface area contributed by atoms with Gasteiger partial charge >= 0.3 is 0 Å². The molecule has 3 rings (SSSR count). The highest BCUT2D eigenvalue weighted by atomic mass is 16.1. The van der Waals surface area contributed by atoms with Crippen molar-refractivity contribution in [2.24, 2.45) is 5.92 Å². The molecule has 1 fully saturated rings. The molecule has 3 nitrogen and oxygen atoms in total. The zero-order valence-electron chi connectivity index (χ0n) is 11.7. The molecule has 1 aromatic heterocycles. The average molecular weight is 260 g/mol. The molecule has 2 aliphatic carbocycles. The molecule has 0 spiro atoms. The third-order valence-corrected chi connectivity index (χ3v) is 4.67. The van der Waals surface area contributed by atoms with Crippen LogP contribution >= 0.6 is 0 Å². The summed E-state index contributed by atoms with van der Waals surface area (Å²) in [6, 6.07) is 3.76. The van der Waals surface area contributed by atoms with Gasteiger partial charge in [-0.2, -0.15) is 0 Å². The number of rotatable bonds is 5. The Morgan fingerprint density at radius 3 is 2.84 bits per heavy atom. The van der Waals surface area contributed by atoms with E-state index in [1.165, 1.54) is 43.4 Å². The first kappa shape index (κ1) is 12.9. The van der Waals surface area contributed by atoms with Crippen molar-refractivity contribution in [1.82, 2.24) is 9.88 Å². The SMILES string of the molecule is O=c1ccc2c(n1CCNCC1CCCC1)CCC2. The third-order valence-electron chi connectivity index (χ3n) is 4.67. The number of pyridine rings is 1. The molecular weight excluding hydrogens is 236 g/mol. The minimum absolute atomic E-state index is 0.170. The van der Waals surface area contributed by atoms with Crippen molar-refractivity contribution in [3.63, 3.8) is 0 Å². The van der Waals surface area contributed by atoms with E-state index in [0.717, 1.165) is 38.4 Å². The summed E-state index contributed by atoms with van der Waals surface area (Å²) in [7, 11) is 0. The summed E-state index contributed by atoms with van der Waals surface area (Å²) < 4.78 is 1.99. The summed E-state index contributed by atoms with van der Waals surface area (Å²) in [6.07, 6.45) is 8.99. The number of hydrogen-bond donors (Lipinski definition) is 1. The van der Waals surface area contributed by atoms with Gasteiger partial charge in [-0.3, -0.25) is 4.79 Å². The van der Waals surface area contributed by atoms with Gasteiger partial charge in [-0.15, -0.1) is 0 Å². The van der Waals surface area contributed by atoms with Gasteiger partial charge in [-0.1, -0.05) is 18.9 Å². The van der Waals surface area contributed by atoms with E-state index in [1.807, 2.05) is 10.6 Å². The van der Waals surface area contributed by atoms with Crippen LogP contribution in [0.4, 0.5) is 0 Å². The lowest BCUT2D eigenvalue weighted by Gasteiger charge is -2.14. The molecule has 19 heavy (non-hydrogen) atoms. The summed E-state index contributed by atoms with van der Waals surface area (Å²) in [6.45, 7) is 2.88. The van der Waals surface area contributed by atoms with Gasteiger partial charge in [0.1, 0.15) is 0 Å². The molecule has 0 aliphatic heterocycles. The molecule has 104 valence electrons. The second-order valence-corrected chi connectivity index (χ2v) is 6.00. The van der Waals surface area contributed by atoms with Crippen LogP contribution in [0.5, 0.6) is 0 Å². The van der Waals surface area contributed by atoms with Crippen LogP contribution in [0.15, 0.2) is 16.9 Å². The van der Waals surface area contributed by atoms with Crippen molar-refractivity contribution in [2.45, 2.75) is 51.5 Å². The van der Waals surface area contributed by atoms with Crippen molar-refractivity contribution in [3.05, 3.63) is 33.7 Å². The molecule has 2 aliphatic rings. The Labute approximate surface area is 115 Å². The fourth-order valence-corrected chi connectivity index (χ4v) is 3.59. The summed E-state index contributed by atoms with van der Waals surface area (Å²) >= 11 is 0. The normalized spacial score (nSPS) is 18.9. The van der Waals surface area contributed by atoms with Gasteiger partial charge in [-0.05, 0) is 50.1 Å². The van der Waals surface area contributed by atoms with Crippen molar-refractivity contribution < 1.29 is 0 Å². The lowest BCUT2D eigenvalue weighted by molar-refractivity contribution is 0.471. The third kappa shape index (κ3) is 2.92. The Kier molecular flexibility index (Phi) is 4.02. The molecule has 1 heterocycles. The number of nitrogens with zero attached hydrogens (tertiary/aromatic N) is 1. The molecule has 1 aromatic rings. The molecule has 0 saturated heterocycles. The number of fused-ring (bicyclic) bond motifs is 1. The van der Waals surface area contributed by atoms with Crippen molar-refractivity contribution in [1.29, 1.82) is 0 Å². The fraction of sp³-hybridized carbons (Fsp3) is 0.688. The minimum atomic E-state index is 0.170. The summed E-state index contributed by atoms with van der Waals surface area (Å²) in [5.41, 5.74) is 2.84. The summed E-state index contributed by atoms with van der Waals surface area (Å²) in [4.78, 5) is 12.0. The van der Waals surface area contributed by atoms with Crippen LogP contribution in [-0.2, 0) is 19.4 Å². The average Bonchev–Trinajstić information content (AvgIpc) is 3.07. The Hall–Kier alpha value is -1.09. The van der Waals surface area contributed by atoms with E-state index >= 15 is 0 Å². The monoisotopic (exact) mass is 260 g/mol. The first-order valence-corrected chi connectivity index (χ1v) is 7.77. The van der Waals surface area contributed by atoms with Crippen LogP contribution in [0.2, 0.25) is 0 Å². The molecule has 0 bridgehead atoms. The second-order valence-electron chi connectivity index (χ2n) is 6.00. The zero-order valence-corrected chi connectivity index (χ0v) is 11.7. The van der Waals surface area contributed by atoms with E-state index in [-0.39, 0.29) is 5.56 Å². The lowest BCUT2D eigenvalue weighted by Crippen LogP contribution is -2.30. The van der Waals surface area contributed by atoms with E-state index in [1.54, 1.807) is 6.07 Å². The highest BCUT2D eigenvalue weighted by Gasteiger charge is 2.16. The quantitative estimate of drug-likeness (QED) is 0.823. The number of aryl methyl sites for hydroxylation is 1. The van der Waals surface area contributed by atoms with E-state index in [9.17, 15) is 4.79 Å². The van der Waals surface area contributed by atoms with Gasteiger partial charge in [0.2, 0.25) is 0 Å². The van der Waals surface area contributed by atoms with Crippen LogP contribution in [0.3, 0.4) is 0 Å². The van der Waals surface area contributed by atoms with Gasteiger partial charge in [-0.25, -0.2) is 0 Å². The van der Waals surface area contributed by atoms with E-state index in [0.29, 0.717) is 0 Å². The zero-order chi connectivity index (χ0) is 13.1. The van der Waals surface area contributed by atoms with Gasteiger partial charge in [0.15, 0.2) is 0 Å². The Balaban J connectivity index is 1.55. The van der Waals surface area contributed by atoms with E-state index in [4.69, 9.17) is 0 Å². The highest BCUT2D eigenvalue weighted by molar-refractivity contribution is 5.25. The largest absolute Gasteiger partial charge is 0.315 e. The molecular formula is C16H24N2O. The molecule has 0 unspecified atom stereocenters. The predicted molar refractivity (Wildman–Crippen MR) is 77.6 cm³/mol. The van der Waals surface area contributed by atoms with Crippen LogP contribution in [0.1, 0.15) is 43.4 Å². The lowest BCUT2D eigenvalue weighted by atomic mass is 10.1. The number of hydrogen-bond acceptors (Lipinski definition) is 2. The van der Waals surface area contributed by atoms with Crippen LogP contribution < -0.4 is 10.9 Å². The molecule has 0 atom stereocenters. The van der Waals surface area contributed by atoms with E-state index in [2.05, 4.69) is 5.32 Å². The Morgan fingerprint density at radius 1 is 1.16 bits per heavy atom. The topological polar surface area (TPSA) is 34.0 Å². The van der Waals surface area contributed by atoms with Crippen LogP contribution in [0, 0.1) is 5.92 Å². The smallest absolute Gasteiger partial charge is 0.250 e. The first-order chi connectivity index (χ1) is 9.34. The second kappa shape index (κ2) is 5.91. The van der Waals surface area contributed by atoms with Gasteiger partial charge in [0, 0.05) is 24.8 Å². The standard InChI is InChI=1S/C16H24N2O/c19-16-9-8-14-6-3-7-15(14)18(16)11-10-17-12-13-4-1-2-5-13/h8-9,13,17H,1-7,10-12H2. The summed E-state index contributed by atoms with van der Waals surface area (Å²) in [5.74, 6) is 0.873. The van der Waals surface area contributed by atoms with Crippen LogP contribution in [0.25, 0.3) is 0 Å². The van der Waals surface area contributed by atoms with Crippen molar-refractivity contribution >= 4 is 0 Å².